The zero-order valence-electron chi connectivity index (χ0n) is 16.9. The lowest BCUT2D eigenvalue weighted by Gasteiger charge is -2.36. The molecule has 2 amide bonds. The minimum atomic E-state index is -0.573. The van der Waals surface area contributed by atoms with Crippen LogP contribution in [0.15, 0.2) is 72.8 Å². The summed E-state index contributed by atoms with van der Waals surface area (Å²) in [4.78, 5) is 28.1. The van der Waals surface area contributed by atoms with Gasteiger partial charge in [0.15, 0.2) is 11.5 Å². The molecule has 31 heavy (non-hydrogen) atoms. The van der Waals surface area contributed by atoms with Crippen molar-refractivity contribution in [2.45, 2.75) is 25.6 Å². The predicted octanol–water partition coefficient (Wildman–Crippen LogP) is 3.30. The Kier molecular flexibility index (Phi) is 5.04. The number of benzene rings is 3. The second kappa shape index (κ2) is 8.14. The number of amides is 2. The van der Waals surface area contributed by atoms with Gasteiger partial charge in [0.05, 0.1) is 0 Å². The highest BCUT2D eigenvalue weighted by molar-refractivity contribution is 5.98. The fraction of sp³-hybridized carbons (Fsp3) is 0.200. The van der Waals surface area contributed by atoms with Gasteiger partial charge in [-0.15, -0.1) is 0 Å². The molecule has 0 unspecified atom stereocenters. The van der Waals surface area contributed by atoms with Crippen molar-refractivity contribution in [2.75, 3.05) is 6.79 Å². The number of carbonyl (C=O) groups excluding carboxylic acids is 2. The van der Waals surface area contributed by atoms with E-state index in [1.54, 1.807) is 17.0 Å². The van der Waals surface area contributed by atoms with E-state index in [1.807, 2.05) is 60.7 Å². The first-order valence-corrected chi connectivity index (χ1v) is 10.3. The Balaban J connectivity index is 1.36. The average molecular weight is 414 g/mol. The molecule has 1 atom stereocenters. The summed E-state index contributed by atoms with van der Waals surface area (Å²) >= 11 is 0. The molecule has 2 heterocycles. The third kappa shape index (κ3) is 3.84. The van der Waals surface area contributed by atoms with Crippen LogP contribution in [0.5, 0.6) is 11.5 Å². The summed E-state index contributed by atoms with van der Waals surface area (Å²) in [5.41, 5.74) is 3.67. The van der Waals surface area contributed by atoms with Crippen molar-refractivity contribution < 1.29 is 19.1 Å². The minimum Gasteiger partial charge on any atom is -0.454 e. The van der Waals surface area contributed by atoms with E-state index in [-0.39, 0.29) is 18.6 Å². The maximum atomic E-state index is 13.2. The van der Waals surface area contributed by atoms with Crippen LogP contribution in [0.4, 0.5) is 0 Å². The smallest absolute Gasteiger partial charge is 0.254 e. The zero-order valence-corrected chi connectivity index (χ0v) is 16.9. The summed E-state index contributed by atoms with van der Waals surface area (Å²) in [5, 5.41) is 3.00. The number of hydrogen-bond donors (Lipinski definition) is 1. The summed E-state index contributed by atoms with van der Waals surface area (Å²) in [7, 11) is 0. The van der Waals surface area contributed by atoms with Gasteiger partial charge in [0.1, 0.15) is 6.04 Å². The van der Waals surface area contributed by atoms with Gasteiger partial charge in [-0.3, -0.25) is 9.59 Å². The molecule has 0 fully saturated rings. The highest BCUT2D eigenvalue weighted by Gasteiger charge is 2.34. The van der Waals surface area contributed by atoms with Crippen LogP contribution in [0.1, 0.15) is 27.0 Å². The molecule has 0 saturated heterocycles. The molecule has 3 aromatic rings. The van der Waals surface area contributed by atoms with E-state index in [9.17, 15) is 9.59 Å². The minimum absolute atomic E-state index is 0.140. The van der Waals surface area contributed by atoms with Gasteiger partial charge >= 0.3 is 0 Å². The van der Waals surface area contributed by atoms with Gasteiger partial charge in [-0.25, -0.2) is 0 Å². The Morgan fingerprint density at radius 3 is 2.48 bits per heavy atom. The highest BCUT2D eigenvalue weighted by atomic mass is 16.7. The molecule has 0 saturated carbocycles. The lowest BCUT2D eigenvalue weighted by Crippen LogP contribution is -2.52. The molecule has 0 aromatic heterocycles. The predicted molar refractivity (Wildman–Crippen MR) is 115 cm³/mol. The Hall–Kier alpha value is -3.80. The van der Waals surface area contributed by atoms with Crippen molar-refractivity contribution in [1.82, 2.24) is 10.2 Å². The quantitative estimate of drug-likeness (QED) is 0.711. The molecule has 2 aliphatic heterocycles. The standard InChI is InChI=1S/C25H22N2O4/c28-24(26-14-17-10-11-22-23(12-17)31-16-30-22)21-13-19-8-4-5-9-20(19)15-27(21)25(29)18-6-2-1-3-7-18/h1-12,21H,13-16H2,(H,26,28)/t21-/m0/s1. The summed E-state index contributed by atoms with van der Waals surface area (Å²) in [6, 6.07) is 22.1. The van der Waals surface area contributed by atoms with E-state index in [4.69, 9.17) is 9.47 Å². The van der Waals surface area contributed by atoms with Crippen LogP contribution in [0.2, 0.25) is 0 Å². The maximum Gasteiger partial charge on any atom is 0.254 e. The second-order valence-electron chi connectivity index (χ2n) is 7.69. The SMILES string of the molecule is O=C(NCc1ccc2c(c1)OCO2)[C@@H]1Cc2ccccc2CN1C(=O)c1ccccc1. The van der Waals surface area contributed by atoms with Gasteiger partial charge in [0.2, 0.25) is 12.7 Å². The molecule has 0 bridgehead atoms. The Bertz CT molecular complexity index is 1130. The van der Waals surface area contributed by atoms with Gasteiger partial charge in [-0.2, -0.15) is 0 Å². The zero-order chi connectivity index (χ0) is 21.2. The summed E-state index contributed by atoms with van der Waals surface area (Å²) in [5.74, 6) is 1.08. The van der Waals surface area contributed by atoms with Crippen LogP contribution in [0.3, 0.4) is 0 Å². The van der Waals surface area contributed by atoms with E-state index < -0.39 is 6.04 Å². The lowest BCUT2D eigenvalue weighted by atomic mass is 9.92. The molecule has 0 aliphatic carbocycles. The first-order chi connectivity index (χ1) is 15.2. The number of carbonyl (C=O) groups is 2. The Morgan fingerprint density at radius 1 is 0.903 bits per heavy atom. The number of nitrogens with one attached hydrogen (secondary N) is 1. The second-order valence-corrected chi connectivity index (χ2v) is 7.69. The number of fused-ring (bicyclic) bond motifs is 2. The van der Waals surface area contributed by atoms with Crippen molar-refractivity contribution >= 4 is 11.8 Å². The molecule has 2 aliphatic rings. The fourth-order valence-electron chi connectivity index (χ4n) is 4.08. The molecular formula is C25H22N2O4. The third-order valence-electron chi connectivity index (χ3n) is 5.74. The number of ether oxygens (including phenoxy) is 2. The van der Waals surface area contributed by atoms with Crippen LogP contribution in [-0.4, -0.2) is 29.5 Å². The fourth-order valence-corrected chi connectivity index (χ4v) is 4.08. The van der Waals surface area contributed by atoms with Crippen molar-refractivity contribution in [3.63, 3.8) is 0 Å². The van der Waals surface area contributed by atoms with E-state index >= 15 is 0 Å². The molecule has 6 heteroatoms. The molecule has 5 rings (SSSR count). The van der Waals surface area contributed by atoms with Gasteiger partial charge in [-0.05, 0) is 41.0 Å². The number of rotatable bonds is 4. The third-order valence-corrected chi connectivity index (χ3v) is 5.74. The molecular weight excluding hydrogens is 392 g/mol. The number of hydrogen-bond acceptors (Lipinski definition) is 4. The summed E-state index contributed by atoms with van der Waals surface area (Å²) in [6.45, 7) is 0.968. The van der Waals surface area contributed by atoms with Crippen molar-refractivity contribution in [1.29, 1.82) is 0 Å². The van der Waals surface area contributed by atoms with Gasteiger partial charge in [0.25, 0.3) is 5.91 Å². The molecule has 3 aromatic carbocycles. The normalized spacial score (nSPS) is 16.5. The summed E-state index contributed by atoms with van der Waals surface area (Å²) < 4.78 is 10.7. The molecule has 0 radical (unpaired) electrons. The van der Waals surface area contributed by atoms with Crippen LogP contribution in [-0.2, 0) is 24.3 Å². The van der Waals surface area contributed by atoms with Crippen LogP contribution in [0, 0.1) is 0 Å². The van der Waals surface area contributed by atoms with Crippen LogP contribution < -0.4 is 14.8 Å². The van der Waals surface area contributed by atoms with Crippen LogP contribution in [0.25, 0.3) is 0 Å². The topological polar surface area (TPSA) is 67.9 Å². The number of nitrogens with zero attached hydrogens (tertiary/aromatic N) is 1. The van der Waals surface area contributed by atoms with Crippen molar-refractivity contribution in [3.8, 4) is 11.5 Å². The molecule has 0 spiro atoms. The largest absolute Gasteiger partial charge is 0.454 e. The lowest BCUT2D eigenvalue weighted by molar-refractivity contribution is -0.126. The molecule has 1 N–H and O–H groups in total. The van der Waals surface area contributed by atoms with E-state index in [1.165, 1.54) is 0 Å². The maximum absolute atomic E-state index is 13.2. The first-order valence-electron chi connectivity index (χ1n) is 10.3. The molecule has 156 valence electrons. The van der Waals surface area contributed by atoms with E-state index in [2.05, 4.69) is 5.32 Å². The van der Waals surface area contributed by atoms with Crippen LogP contribution >= 0.6 is 0 Å². The average Bonchev–Trinajstić information content (AvgIpc) is 3.30. The van der Waals surface area contributed by atoms with Crippen molar-refractivity contribution in [2.24, 2.45) is 0 Å². The molecule has 6 nitrogen and oxygen atoms in total. The van der Waals surface area contributed by atoms with Gasteiger partial charge in [0, 0.05) is 25.1 Å². The first kappa shape index (κ1) is 19.2. The van der Waals surface area contributed by atoms with Crippen molar-refractivity contribution in [3.05, 3.63) is 95.1 Å². The Labute approximate surface area is 180 Å². The van der Waals surface area contributed by atoms with Gasteiger partial charge < -0.3 is 19.7 Å². The summed E-state index contributed by atoms with van der Waals surface area (Å²) in [6.07, 6.45) is 0.488. The van der Waals surface area contributed by atoms with E-state index in [0.29, 0.717) is 36.6 Å². The van der Waals surface area contributed by atoms with Gasteiger partial charge in [-0.1, -0.05) is 48.5 Å². The monoisotopic (exact) mass is 414 g/mol. The highest BCUT2D eigenvalue weighted by Crippen LogP contribution is 2.32. The Morgan fingerprint density at radius 2 is 1.65 bits per heavy atom. The van der Waals surface area contributed by atoms with E-state index in [0.717, 1.165) is 16.7 Å².